The van der Waals surface area contributed by atoms with Gasteiger partial charge >= 0.3 is 0 Å². The molecule has 0 bridgehead atoms. The molecule has 0 saturated heterocycles. The quantitative estimate of drug-likeness (QED) is 0.706. The summed E-state index contributed by atoms with van der Waals surface area (Å²) in [6, 6.07) is 0. The van der Waals surface area contributed by atoms with Crippen molar-refractivity contribution in [2.75, 3.05) is 20.2 Å². The summed E-state index contributed by atoms with van der Waals surface area (Å²) in [4.78, 5) is 11.6. The van der Waals surface area contributed by atoms with E-state index < -0.39 is 6.10 Å². The van der Waals surface area contributed by atoms with Crippen LogP contribution >= 0.6 is 0 Å². The maximum atomic E-state index is 11.6. The van der Waals surface area contributed by atoms with E-state index in [0.29, 0.717) is 0 Å². The third kappa shape index (κ3) is 3.47. The number of amides is 1. The van der Waals surface area contributed by atoms with Crippen LogP contribution in [0, 0.1) is 5.41 Å². The highest BCUT2D eigenvalue weighted by atomic mass is 16.5. The maximum absolute atomic E-state index is 11.6. The molecule has 1 saturated carbocycles. The average Bonchev–Trinajstić information content (AvgIpc) is 2.65. The summed E-state index contributed by atoms with van der Waals surface area (Å²) in [7, 11) is 1.51. The van der Waals surface area contributed by atoms with Gasteiger partial charge in [0.05, 0.1) is 0 Å². The van der Waals surface area contributed by atoms with Crippen molar-refractivity contribution < 1.29 is 9.53 Å². The smallest absolute Gasteiger partial charge is 0.250 e. The van der Waals surface area contributed by atoms with Gasteiger partial charge in [-0.05, 0) is 18.3 Å². The second kappa shape index (κ2) is 5.47. The first kappa shape index (κ1) is 12.5. The van der Waals surface area contributed by atoms with E-state index in [2.05, 4.69) is 12.2 Å². The summed E-state index contributed by atoms with van der Waals surface area (Å²) in [5, 5.41) is 2.92. The van der Waals surface area contributed by atoms with Gasteiger partial charge in [-0.2, -0.15) is 0 Å². The van der Waals surface area contributed by atoms with Gasteiger partial charge < -0.3 is 15.8 Å². The minimum Gasteiger partial charge on any atom is -0.370 e. The summed E-state index contributed by atoms with van der Waals surface area (Å²) < 4.78 is 4.97. The number of hydrogen-bond donors (Lipinski definition) is 2. The molecule has 1 aliphatic carbocycles. The molecule has 0 spiro atoms. The van der Waals surface area contributed by atoms with Gasteiger partial charge in [0.25, 0.3) is 0 Å². The van der Waals surface area contributed by atoms with Crippen LogP contribution in [0.3, 0.4) is 0 Å². The van der Waals surface area contributed by atoms with Crippen molar-refractivity contribution in [1.82, 2.24) is 5.32 Å². The summed E-state index contributed by atoms with van der Waals surface area (Å²) in [6.45, 7) is 3.20. The molecule has 1 atom stereocenters. The lowest BCUT2D eigenvalue weighted by atomic mass is 9.89. The normalized spacial score (nSPS) is 21.3. The van der Waals surface area contributed by atoms with Gasteiger partial charge in [-0.15, -0.1) is 0 Å². The van der Waals surface area contributed by atoms with Crippen molar-refractivity contribution in [3.8, 4) is 0 Å². The zero-order valence-electron chi connectivity index (χ0n) is 9.71. The molecule has 1 rings (SSSR count). The van der Waals surface area contributed by atoms with E-state index in [1.54, 1.807) is 0 Å². The van der Waals surface area contributed by atoms with Crippen LogP contribution < -0.4 is 11.1 Å². The molecule has 0 radical (unpaired) electrons. The van der Waals surface area contributed by atoms with Gasteiger partial charge in [0, 0.05) is 20.2 Å². The van der Waals surface area contributed by atoms with E-state index in [1.807, 2.05) is 0 Å². The van der Waals surface area contributed by atoms with E-state index in [9.17, 15) is 4.79 Å². The number of nitrogens with two attached hydrogens (primary N) is 1. The Kier molecular flexibility index (Phi) is 4.54. The first-order valence-corrected chi connectivity index (χ1v) is 5.62. The number of hydrogen-bond acceptors (Lipinski definition) is 3. The van der Waals surface area contributed by atoms with Crippen LogP contribution in [-0.2, 0) is 9.53 Å². The first-order valence-electron chi connectivity index (χ1n) is 5.62. The number of nitrogens with one attached hydrogen (secondary N) is 1. The Morgan fingerprint density at radius 3 is 2.60 bits per heavy atom. The fourth-order valence-corrected chi connectivity index (χ4v) is 2.13. The SMILES string of the molecule is COC(CN)C(=O)NCC1(C)CCCC1. The monoisotopic (exact) mass is 214 g/mol. The molecule has 3 N–H and O–H groups in total. The predicted molar refractivity (Wildman–Crippen MR) is 59.4 cm³/mol. The fraction of sp³-hybridized carbons (Fsp3) is 0.909. The molecule has 0 aliphatic heterocycles. The van der Waals surface area contributed by atoms with Crippen LogP contribution in [0.1, 0.15) is 32.6 Å². The molecule has 88 valence electrons. The Balaban J connectivity index is 2.32. The molecule has 0 aromatic heterocycles. The first-order chi connectivity index (χ1) is 7.11. The zero-order chi connectivity index (χ0) is 11.3. The van der Waals surface area contributed by atoms with Crippen molar-refractivity contribution in [3.63, 3.8) is 0 Å². The standard InChI is InChI=1S/C11H22N2O2/c1-11(5-3-4-6-11)8-13-10(14)9(7-12)15-2/h9H,3-8,12H2,1-2H3,(H,13,14). The van der Waals surface area contributed by atoms with Gasteiger partial charge in [-0.3, -0.25) is 4.79 Å². The molecule has 1 amide bonds. The highest BCUT2D eigenvalue weighted by Crippen LogP contribution is 2.36. The lowest BCUT2D eigenvalue weighted by molar-refractivity contribution is -0.130. The van der Waals surface area contributed by atoms with E-state index in [4.69, 9.17) is 10.5 Å². The number of methoxy groups -OCH3 is 1. The minimum atomic E-state index is -0.505. The van der Waals surface area contributed by atoms with Crippen LogP contribution in [0.5, 0.6) is 0 Å². The largest absolute Gasteiger partial charge is 0.370 e. The summed E-state index contributed by atoms with van der Waals surface area (Å²) in [6.07, 6.45) is 4.45. The number of rotatable bonds is 5. The second-order valence-corrected chi connectivity index (χ2v) is 4.70. The molecule has 4 heteroatoms. The summed E-state index contributed by atoms with van der Waals surface area (Å²) >= 11 is 0. The Labute approximate surface area is 91.5 Å². The van der Waals surface area contributed by atoms with Crippen LogP contribution in [0.4, 0.5) is 0 Å². The van der Waals surface area contributed by atoms with Crippen molar-refractivity contribution in [3.05, 3.63) is 0 Å². The molecule has 1 unspecified atom stereocenters. The van der Waals surface area contributed by atoms with Crippen LogP contribution in [0.15, 0.2) is 0 Å². The molecule has 0 aromatic rings. The molecule has 1 fully saturated rings. The average molecular weight is 214 g/mol. The van der Waals surface area contributed by atoms with Crippen LogP contribution in [-0.4, -0.2) is 32.2 Å². The molecule has 4 nitrogen and oxygen atoms in total. The summed E-state index contributed by atoms with van der Waals surface area (Å²) in [5.41, 5.74) is 5.70. The third-order valence-electron chi connectivity index (χ3n) is 3.29. The Hall–Kier alpha value is -0.610. The van der Waals surface area contributed by atoms with Gasteiger partial charge in [0.1, 0.15) is 6.10 Å². The molecule has 0 heterocycles. The second-order valence-electron chi connectivity index (χ2n) is 4.70. The lowest BCUT2D eigenvalue weighted by Gasteiger charge is -2.24. The zero-order valence-corrected chi connectivity index (χ0v) is 9.71. The topological polar surface area (TPSA) is 64.3 Å². The Bertz CT molecular complexity index is 209. The molecular formula is C11H22N2O2. The number of carbonyl (C=O) groups is 1. The van der Waals surface area contributed by atoms with Gasteiger partial charge in [-0.1, -0.05) is 19.8 Å². The van der Waals surface area contributed by atoms with Gasteiger partial charge in [-0.25, -0.2) is 0 Å². The maximum Gasteiger partial charge on any atom is 0.250 e. The van der Waals surface area contributed by atoms with Crippen molar-refractivity contribution in [1.29, 1.82) is 0 Å². The molecule has 1 aliphatic rings. The highest BCUT2D eigenvalue weighted by molar-refractivity contribution is 5.81. The van der Waals surface area contributed by atoms with E-state index in [-0.39, 0.29) is 17.9 Å². The fourth-order valence-electron chi connectivity index (χ4n) is 2.13. The van der Waals surface area contributed by atoms with E-state index in [1.165, 1.54) is 32.8 Å². The molecule has 15 heavy (non-hydrogen) atoms. The van der Waals surface area contributed by atoms with Crippen molar-refractivity contribution >= 4 is 5.91 Å². The van der Waals surface area contributed by atoms with Gasteiger partial charge in [0.15, 0.2) is 0 Å². The van der Waals surface area contributed by atoms with Crippen LogP contribution in [0.25, 0.3) is 0 Å². The Morgan fingerprint density at radius 2 is 2.13 bits per heavy atom. The summed E-state index contributed by atoms with van der Waals surface area (Å²) in [5.74, 6) is -0.0897. The van der Waals surface area contributed by atoms with E-state index in [0.717, 1.165) is 6.54 Å². The van der Waals surface area contributed by atoms with E-state index >= 15 is 0 Å². The predicted octanol–water partition coefficient (Wildman–Crippen LogP) is 0.657. The Morgan fingerprint density at radius 1 is 1.53 bits per heavy atom. The molecule has 0 aromatic carbocycles. The molecular weight excluding hydrogens is 192 g/mol. The lowest BCUT2D eigenvalue weighted by Crippen LogP contribution is -2.44. The van der Waals surface area contributed by atoms with Crippen molar-refractivity contribution in [2.45, 2.75) is 38.7 Å². The van der Waals surface area contributed by atoms with Crippen LogP contribution in [0.2, 0.25) is 0 Å². The number of ether oxygens (including phenoxy) is 1. The van der Waals surface area contributed by atoms with Crippen molar-refractivity contribution in [2.24, 2.45) is 11.1 Å². The highest BCUT2D eigenvalue weighted by Gasteiger charge is 2.29. The minimum absolute atomic E-state index is 0.0897. The van der Waals surface area contributed by atoms with Gasteiger partial charge in [0.2, 0.25) is 5.91 Å². The third-order valence-corrected chi connectivity index (χ3v) is 3.29. The number of carbonyl (C=O) groups excluding carboxylic acids is 1.